The van der Waals surface area contributed by atoms with Gasteiger partial charge in [0.15, 0.2) is 0 Å². The Bertz CT molecular complexity index is 518. The summed E-state index contributed by atoms with van der Waals surface area (Å²) in [5.74, 6) is -1.33. The Balaban J connectivity index is 2.62. The molecule has 0 saturated carbocycles. The largest absolute Gasteiger partial charge is 0.481 e. The third kappa shape index (κ3) is 5.72. The monoisotopic (exact) mass is 304 g/mol. The molecule has 0 aromatic heterocycles. The topological polar surface area (TPSA) is 78.4 Å². The summed E-state index contributed by atoms with van der Waals surface area (Å²) in [6, 6.07) is 3.79. The van der Waals surface area contributed by atoms with E-state index in [1.807, 2.05) is 0 Å². The summed E-state index contributed by atoms with van der Waals surface area (Å²) < 4.78 is 38.2. The van der Waals surface area contributed by atoms with E-state index < -0.39 is 23.7 Å². The molecule has 0 fully saturated rings. The molecule has 0 aliphatic heterocycles. The third-order valence-electron chi connectivity index (χ3n) is 2.61. The standard InChI is InChI=1S/C13H15F3N2O3/c1-8(6-11(19)20)7-17-12(21)18-10-5-3-2-4-9(10)13(14,15)16/h2-5,8H,6-7H2,1H3,(H,19,20)(H2,17,18,21). The number of carboxylic acid groups (broad SMARTS) is 1. The minimum absolute atomic E-state index is 0.0479. The summed E-state index contributed by atoms with van der Waals surface area (Å²) >= 11 is 0. The lowest BCUT2D eigenvalue weighted by atomic mass is 10.1. The molecule has 116 valence electrons. The number of carboxylic acids is 1. The van der Waals surface area contributed by atoms with Crippen LogP contribution in [-0.4, -0.2) is 23.7 Å². The minimum Gasteiger partial charge on any atom is -0.481 e. The number of carbonyl (C=O) groups excluding carboxylic acids is 1. The van der Waals surface area contributed by atoms with E-state index in [0.717, 1.165) is 12.1 Å². The van der Waals surface area contributed by atoms with Crippen molar-refractivity contribution in [3.63, 3.8) is 0 Å². The van der Waals surface area contributed by atoms with Crippen molar-refractivity contribution in [2.75, 3.05) is 11.9 Å². The highest BCUT2D eigenvalue weighted by molar-refractivity contribution is 5.90. The molecule has 1 atom stereocenters. The number of rotatable bonds is 5. The molecular weight excluding hydrogens is 289 g/mol. The van der Waals surface area contributed by atoms with Gasteiger partial charge in [-0.1, -0.05) is 19.1 Å². The number of hydrogen-bond acceptors (Lipinski definition) is 2. The summed E-state index contributed by atoms with van der Waals surface area (Å²) in [5.41, 5.74) is -1.30. The number of nitrogens with one attached hydrogen (secondary N) is 2. The first-order chi connectivity index (χ1) is 9.70. The molecular formula is C13H15F3N2O3. The van der Waals surface area contributed by atoms with E-state index in [2.05, 4.69) is 10.6 Å². The average molecular weight is 304 g/mol. The molecule has 5 nitrogen and oxygen atoms in total. The van der Waals surface area contributed by atoms with Gasteiger partial charge in [-0.3, -0.25) is 4.79 Å². The van der Waals surface area contributed by atoms with Crippen molar-refractivity contribution >= 4 is 17.7 Å². The van der Waals surface area contributed by atoms with Crippen molar-refractivity contribution in [1.82, 2.24) is 5.32 Å². The van der Waals surface area contributed by atoms with Crippen LogP contribution < -0.4 is 10.6 Å². The van der Waals surface area contributed by atoms with Crippen molar-refractivity contribution in [3.8, 4) is 0 Å². The van der Waals surface area contributed by atoms with Crippen molar-refractivity contribution in [1.29, 1.82) is 0 Å². The van der Waals surface area contributed by atoms with Gasteiger partial charge in [-0.25, -0.2) is 4.79 Å². The van der Waals surface area contributed by atoms with E-state index >= 15 is 0 Å². The molecule has 2 amide bonds. The van der Waals surface area contributed by atoms with Crippen molar-refractivity contribution in [2.45, 2.75) is 19.5 Å². The fourth-order valence-electron chi connectivity index (χ4n) is 1.64. The minimum atomic E-state index is -4.57. The number of para-hydroxylation sites is 1. The Kier molecular flexibility index (Phi) is 5.57. The second kappa shape index (κ2) is 6.96. The van der Waals surface area contributed by atoms with Crippen molar-refractivity contribution in [2.24, 2.45) is 5.92 Å². The number of halogens is 3. The number of anilines is 1. The molecule has 3 N–H and O–H groups in total. The fraction of sp³-hybridized carbons (Fsp3) is 0.385. The van der Waals surface area contributed by atoms with Gasteiger partial charge < -0.3 is 15.7 Å². The number of urea groups is 1. The molecule has 1 aromatic carbocycles. The van der Waals surface area contributed by atoms with Gasteiger partial charge in [0, 0.05) is 13.0 Å². The van der Waals surface area contributed by atoms with Gasteiger partial charge >= 0.3 is 18.2 Å². The van der Waals surface area contributed by atoms with Crippen LogP contribution in [0.4, 0.5) is 23.7 Å². The van der Waals surface area contributed by atoms with Crippen molar-refractivity contribution < 1.29 is 27.9 Å². The van der Waals surface area contributed by atoms with Crippen LogP contribution in [0.25, 0.3) is 0 Å². The van der Waals surface area contributed by atoms with Crippen LogP contribution in [-0.2, 0) is 11.0 Å². The van der Waals surface area contributed by atoms with E-state index in [-0.39, 0.29) is 24.6 Å². The molecule has 1 rings (SSSR count). The van der Waals surface area contributed by atoms with Gasteiger partial charge in [-0.15, -0.1) is 0 Å². The molecule has 1 aromatic rings. The van der Waals surface area contributed by atoms with E-state index in [1.54, 1.807) is 6.92 Å². The molecule has 0 radical (unpaired) electrons. The number of alkyl halides is 3. The average Bonchev–Trinajstić information content (AvgIpc) is 2.35. The van der Waals surface area contributed by atoms with Gasteiger partial charge in [-0.05, 0) is 18.1 Å². The second-order valence-corrected chi connectivity index (χ2v) is 4.58. The van der Waals surface area contributed by atoms with Gasteiger partial charge in [0.25, 0.3) is 0 Å². The lowest BCUT2D eigenvalue weighted by Gasteiger charge is -2.15. The number of hydrogen-bond donors (Lipinski definition) is 3. The van der Waals surface area contributed by atoms with Crippen LogP contribution in [0.5, 0.6) is 0 Å². The van der Waals surface area contributed by atoms with E-state index in [4.69, 9.17) is 5.11 Å². The smallest absolute Gasteiger partial charge is 0.418 e. The first-order valence-electron chi connectivity index (χ1n) is 6.13. The highest BCUT2D eigenvalue weighted by Gasteiger charge is 2.33. The zero-order valence-corrected chi connectivity index (χ0v) is 11.2. The number of carbonyl (C=O) groups is 2. The SMILES string of the molecule is CC(CNC(=O)Nc1ccccc1C(F)(F)F)CC(=O)O. The molecule has 8 heteroatoms. The van der Waals surface area contributed by atoms with Crippen LogP contribution in [0.2, 0.25) is 0 Å². The summed E-state index contributed by atoms with van der Waals surface area (Å²) in [4.78, 5) is 22.0. The van der Waals surface area contributed by atoms with Gasteiger partial charge in [0.05, 0.1) is 11.3 Å². The van der Waals surface area contributed by atoms with Gasteiger partial charge in [0.2, 0.25) is 0 Å². The molecule has 21 heavy (non-hydrogen) atoms. The quantitative estimate of drug-likeness (QED) is 0.782. The fourth-order valence-corrected chi connectivity index (χ4v) is 1.64. The van der Waals surface area contributed by atoms with Gasteiger partial charge in [-0.2, -0.15) is 13.2 Å². The first-order valence-corrected chi connectivity index (χ1v) is 6.13. The van der Waals surface area contributed by atoms with Crippen LogP contribution in [0, 0.1) is 5.92 Å². The predicted octanol–water partition coefficient (Wildman–Crippen LogP) is 2.94. The molecule has 0 heterocycles. The lowest BCUT2D eigenvalue weighted by Crippen LogP contribution is -2.33. The summed E-state index contributed by atoms with van der Waals surface area (Å²) in [5, 5.41) is 13.0. The Labute approximate surface area is 119 Å². The van der Waals surface area contributed by atoms with Crippen LogP contribution in [0.1, 0.15) is 18.9 Å². The predicted molar refractivity (Wildman–Crippen MR) is 69.9 cm³/mol. The van der Waals surface area contributed by atoms with E-state index in [0.29, 0.717) is 0 Å². The molecule has 0 aliphatic rings. The number of benzene rings is 1. The number of aliphatic carboxylic acids is 1. The van der Waals surface area contributed by atoms with E-state index in [9.17, 15) is 22.8 Å². The van der Waals surface area contributed by atoms with E-state index in [1.165, 1.54) is 12.1 Å². The van der Waals surface area contributed by atoms with Crippen LogP contribution in [0.15, 0.2) is 24.3 Å². The molecule has 1 unspecified atom stereocenters. The number of amides is 2. The van der Waals surface area contributed by atoms with Crippen LogP contribution >= 0.6 is 0 Å². The van der Waals surface area contributed by atoms with Crippen LogP contribution in [0.3, 0.4) is 0 Å². The molecule has 0 bridgehead atoms. The molecule has 0 aliphatic carbocycles. The summed E-state index contributed by atoms with van der Waals surface area (Å²) in [6.45, 7) is 1.66. The van der Waals surface area contributed by atoms with Crippen molar-refractivity contribution in [3.05, 3.63) is 29.8 Å². The lowest BCUT2D eigenvalue weighted by molar-refractivity contribution is -0.138. The Morgan fingerprint density at radius 1 is 1.29 bits per heavy atom. The van der Waals surface area contributed by atoms with Gasteiger partial charge in [0.1, 0.15) is 0 Å². The summed E-state index contributed by atoms with van der Waals surface area (Å²) in [7, 11) is 0. The highest BCUT2D eigenvalue weighted by atomic mass is 19.4. The molecule has 0 spiro atoms. The summed E-state index contributed by atoms with van der Waals surface area (Å²) in [6.07, 6.45) is -4.71. The second-order valence-electron chi connectivity index (χ2n) is 4.58. The maximum atomic E-state index is 12.7. The third-order valence-corrected chi connectivity index (χ3v) is 2.61. The molecule has 0 saturated heterocycles. The zero-order valence-electron chi connectivity index (χ0n) is 11.2. The Morgan fingerprint density at radius 2 is 1.90 bits per heavy atom. The highest BCUT2D eigenvalue weighted by Crippen LogP contribution is 2.34. The normalized spacial score (nSPS) is 12.6. The Hall–Kier alpha value is -2.25. The Morgan fingerprint density at radius 3 is 2.48 bits per heavy atom. The zero-order chi connectivity index (χ0) is 16.0. The maximum absolute atomic E-state index is 12.7. The maximum Gasteiger partial charge on any atom is 0.418 e. The first kappa shape index (κ1) is 16.8.